The summed E-state index contributed by atoms with van der Waals surface area (Å²) in [5.74, 6) is -0.197. The quantitative estimate of drug-likeness (QED) is 0.788. The molecule has 0 aliphatic heterocycles. The number of carboxylic acids is 1. The standard InChI is InChI=1S/C15H19N5O3/c21-13(22)10-19-5-4-16-14(15(19)23)17-6-12-7-18-20(9-12)8-11-2-1-3-11/h4-5,7,9,11H,1-3,6,8,10H2,(H,16,17)(H,21,22). The molecule has 1 aliphatic carbocycles. The number of anilines is 1. The zero-order valence-electron chi connectivity index (χ0n) is 12.7. The van der Waals surface area contributed by atoms with Crippen LogP contribution in [0.2, 0.25) is 0 Å². The van der Waals surface area contributed by atoms with Crippen molar-refractivity contribution >= 4 is 11.8 Å². The largest absolute Gasteiger partial charge is 0.480 e. The van der Waals surface area contributed by atoms with Crippen molar-refractivity contribution in [2.75, 3.05) is 5.32 Å². The van der Waals surface area contributed by atoms with Crippen molar-refractivity contribution in [3.8, 4) is 0 Å². The molecule has 0 amide bonds. The Hall–Kier alpha value is -2.64. The van der Waals surface area contributed by atoms with Gasteiger partial charge in [-0.25, -0.2) is 4.98 Å². The first-order valence-electron chi connectivity index (χ1n) is 7.64. The van der Waals surface area contributed by atoms with E-state index in [1.807, 2.05) is 10.9 Å². The number of carbonyl (C=O) groups is 1. The Morgan fingerprint density at radius 1 is 1.43 bits per heavy atom. The number of hydrogen-bond acceptors (Lipinski definition) is 5. The molecule has 1 saturated carbocycles. The predicted octanol–water partition coefficient (Wildman–Crippen LogP) is 0.937. The van der Waals surface area contributed by atoms with E-state index >= 15 is 0 Å². The zero-order valence-corrected chi connectivity index (χ0v) is 12.7. The molecule has 0 radical (unpaired) electrons. The Bertz CT molecular complexity index is 748. The number of carboxylic acid groups (broad SMARTS) is 1. The highest BCUT2D eigenvalue weighted by molar-refractivity contribution is 5.66. The van der Waals surface area contributed by atoms with Crippen LogP contribution in [0.25, 0.3) is 0 Å². The van der Waals surface area contributed by atoms with Gasteiger partial charge in [0.15, 0.2) is 5.82 Å². The average molecular weight is 317 g/mol. The predicted molar refractivity (Wildman–Crippen MR) is 83.0 cm³/mol. The lowest BCUT2D eigenvalue weighted by Crippen LogP contribution is -2.27. The van der Waals surface area contributed by atoms with Crippen LogP contribution in [0, 0.1) is 5.92 Å². The molecule has 23 heavy (non-hydrogen) atoms. The average Bonchev–Trinajstić information content (AvgIpc) is 2.91. The second kappa shape index (κ2) is 6.64. The molecule has 0 aromatic carbocycles. The van der Waals surface area contributed by atoms with Crippen LogP contribution >= 0.6 is 0 Å². The monoisotopic (exact) mass is 317 g/mol. The van der Waals surface area contributed by atoms with E-state index in [2.05, 4.69) is 15.4 Å². The summed E-state index contributed by atoms with van der Waals surface area (Å²) in [6.45, 7) is 0.981. The van der Waals surface area contributed by atoms with E-state index in [-0.39, 0.29) is 12.4 Å². The van der Waals surface area contributed by atoms with E-state index in [0.717, 1.165) is 22.6 Å². The minimum absolute atomic E-state index is 0.139. The van der Waals surface area contributed by atoms with Gasteiger partial charge in [0.2, 0.25) is 0 Å². The van der Waals surface area contributed by atoms with Crippen molar-refractivity contribution in [2.45, 2.75) is 38.9 Å². The summed E-state index contributed by atoms with van der Waals surface area (Å²) in [6.07, 6.45) is 10.3. The van der Waals surface area contributed by atoms with Crippen LogP contribution in [0.3, 0.4) is 0 Å². The molecular formula is C15H19N5O3. The van der Waals surface area contributed by atoms with Gasteiger partial charge in [0.25, 0.3) is 5.56 Å². The van der Waals surface area contributed by atoms with Crippen molar-refractivity contribution < 1.29 is 9.90 Å². The molecule has 2 aromatic heterocycles. The Balaban J connectivity index is 1.61. The van der Waals surface area contributed by atoms with E-state index in [0.29, 0.717) is 6.54 Å². The fourth-order valence-electron chi connectivity index (χ4n) is 2.56. The molecule has 8 nitrogen and oxygen atoms in total. The molecule has 122 valence electrons. The third-order valence-electron chi connectivity index (χ3n) is 4.04. The summed E-state index contributed by atoms with van der Waals surface area (Å²) >= 11 is 0. The van der Waals surface area contributed by atoms with Gasteiger partial charge in [-0.15, -0.1) is 0 Å². The molecule has 2 aromatic rings. The van der Waals surface area contributed by atoms with Gasteiger partial charge < -0.3 is 10.4 Å². The Morgan fingerprint density at radius 2 is 2.26 bits per heavy atom. The van der Waals surface area contributed by atoms with Gasteiger partial charge in [0, 0.05) is 37.2 Å². The topological polar surface area (TPSA) is 102 Å². The van der Waals surface area contributed by atoms with Crippen molar-refractivity contribution in [1.82, 2.24) is 19.3 Å². The van der Waals surface area contributed by atoms with Crippen molar-refractivity contribution in [3.05, 3.63) is 40.7 Å². The molecule has 2 heterocycles. The van der Waals surface area contributed by atoms with Crippen LogP contribution < -0.4 is 10.9 Å². The maximum atomic E-state index is 12.1. The first kappa shape index (κ1) is 15.3. The van der Waals surface area contributed by atoms with Gasteiger partial charge in [-0.05, 0) is 18.8 Å². The first-order chi connectivity index (χ1) is 11.1. The summed E-state index contributed by atoms with van der Waals surface area (Å²) < 4.78 is 3.04. The van der Waals surface area contributed by atoms with Crippen LogP contribution in [0.4, 0.5) is 5.82 Å². The van der Waals surface area contributed by atoms with E-state index in [4.69, 9.17) is 5.11 Å². The van der Waals surface area contributed by atoms with Crippen LogP contribution in [-0.2, 0) is 24.4 Å². The number of hydrogen-bond donors (Lipinski definition) is 2. The summed E-state index contributed by atoms with van der Waals surface area (Å²) in [5, 5.41) is 16.0. The van der Waals surface area contributed by atoms with Crippen LogP contribution in [-0.4, -0.2) is 30.4 Å². The molecule has 1 aliphatic rings. The molecule has 8 heteroatoms. The minimum atomic E-state index is -1.07. The molecular weight excluding hydrogens is 298 g/mol. The fourth-order valence-corrected chi connectivity index (χ4v) is 2.56. The van der Waals surface area contributed by atoms with E-state index < -0.39 is 11.5 Å². The van der Waals surface area contributed by atoms with Gasteiger partial charge in [-0.3, -0.25) is 18.8 Å². The molecule has 0 bridgehead atoms. The van der Waals surface area contributed by atoms with Crippen molar-refractivity contribution in [2.24, 2.45) is 5.92 Å². The smallest absolute Gasteiger partial charge is 0.323 e. The maximum absolute atomic E-state index is 12.1. The number of aliphatic carboxylic acids is 1. The third kappa shape index (κ3) is 3.77. The lowest BCUT2D eigenvalue weighted by atomic mass is 9.85. The first-order valence-corrected chi connectivity index (χ1v) is 7.64. The van der Waals surface area contributed by atoms with E-state index in [1.54, 1.807) is 6.20 Å². The van der Waals surface area contributed by atoms with Crippen molar-refractivity contribution in [3.63, 3.8) is 0 Å². The Kier molecular flexibility index (Phi) is 4.40. The number of rotatable bonds is 7. The summed E-state index contributed by atoms with van der Waals surface area (Å²) in [4.78, 5) is 26.8. The SMILES string of the molecule is O=C(O)Cn1ccnc(NCc2cnn(CC3CCC3)c2)c1=O. The second-order valence-corrected chi connectivity index (χ2v) is 5.82. The van der Waals surface area contributed by atoms with E-state index in [9.17, 15) is 9.59 Å². The lowest BCUT2D eigenvalue weighted by molar-refractivity contribution is -0.137. The number of nitrogens with zero attached hydrogens (tertiary/aromatic N) is 4. The Morgan fingerprint density at radius 3 is 2.96 bits per heavy atom. The van der Waals surface area contributed by atoms with Gasteiger partial charge in [-0.1, -0.05) is 6.42 Å². The fraction of sp³-hybridized carbons (Fsp3) is 0.467. The summed E-state index contributed by atoms with van der Waals surface area (Å²) in [5.41, 5.74) is 0.510. The minimum Gasteiger partial charge on any atom is -0.480 e. The molecule has 2 N–H and O–H groups in total. The molecule has 0 atom stereocenters. The van der Waals surface area contributed by atoms with Crippen LogP contribution in [0.15, 0.2) is 29.6 Å². The highest BCUT2D eigenvalue weighted by atomic mass is 16.4. The molecule has 0 spiro atoms. The highest BCUT2D eigenvalue weighted by Crippen LogP contribution is 2.27. The maximum Gasteiger partial charge on any atom is 0.323 e. The van der Waals surface area contributed by atoms with Gasteiger partial charge in [-0.2, -0.15) is 5.10 Å². The van der Waals surface area contributed by atoms with Crippen LogP contribution in [0.1, 0.15) is 24.8 Å². The van der Waals surface area contributed by atoms with Crippen LogP contribution in [0.5, 0.6) is 0 Å². The number of aromatic nitrogens is 4. The molecule has 3 rings (SSSR count). The normalized spacial score (nSPS) is 14.4. The third-order valence-corrected chi connectivity index (χ3v) is 4.04. The van der Waals surface area contributed by atoms with E-state index in [1.165, 1.54) is 31.7 Å². The van der Waals surface area contributed by atoms with Gasteiger partial charge in [0.1, 0.15) is 6.54 Å². The van der Waals surface area contributed by atoms with Gasteiger partial charge in [0.05, 0.1) is 6.20 Å². The van der Waals surface area contributed by atoms with Crippen molar-refractivity contribution in [1.29, 1.82) is 0 Å². The second-order valence-electron chi connectivity index (χ2n) is 5.82. The summed E-state index contributed by atoms with van der Waals surface area (Å²) in [7, 11) is 0. The lowest BCUT2D eigenvalue weighted by Gasteiger charge is -2.24. The zero-order chi connectivity index (χ0) is 16.2. The number of nitrogens with one attached hydrogen (secondary N) is 1. The molecule has 0 unspecified atom stereocenters. The molecule has 0 saturated heterocycles. The Labute approximate surface area is 132 Å². The summed E-state index contributed by atoms with van der Waals surface area (Å²) in [6, 6.07) is 0. The highest BCUT2D eigenvalue weighted by Gasteiger charge is 2.18. The van der Waals surface area contributed by atoms with Gasteiger partial charge >= 0.3 is 5.97 Å². The molecule has 1 fully saturated rings.